The van der Waals surface area contributed by atoms with E-state index in [1.165, 1.54) is 51.4 Å². The van der Waals surface area contributed by atoms with Crippen LogP contribution in [0.1, 0.15) is 90.4 Å². The fraction of sp³-hybridized carbons (Fsp3) is 0.882. The Morgan fingerprint density at radius 3 is 1.68 bits per heavy atom. The fourth-order valence-electron chi connectivity index (χ4n) is 2.42. The molecule has 0 aliphatic carbocycles. The number of carbonyl (C=O) groups excluding carboxylic acids is 2. The Bertz CT molecular complexity index is 285. The molecule has 1 atom stereocenters. The Hall–Kier alpha value is 0.100. The van der Waals surface area contributed by atoms with Crippen LogP contribution in [0.15, 0.2) is 0 Å². The van der Waals surface area contributed by atoms with Crippen LogP contribution in [0.2, 0.25) is 0 Å². The molecule has 0 saturated heterocycles. The minimum atomic E-state index is -1.35. The Balaban J connectivity index is 0. The van der Waals surface area contributed by atoms with Crippen molar-refractivity contribution in [2.45, 2.75) is 96.4 Å². The molecule has 0 heterocycles. The predicted molar refractivity (Wildman–Crippen MR) is 83.7 cm³/mol. The van der Waals surface area contributed by atoms with E-state index in [0.29, 0.717) is 6.42 Å². The summed E-state index contributed by atoms with van der Waals surface area (Å²) in [5.74, 6) is -1.41. The van der Waals surface area contributed by atoms with E-state index in [4.69, 9.17) is 5.73 Å². The summed E-state index contributed by atoms with van der Waals surface area (Å²) in [7, 11) is 0. The number of carboxylic acids is 1. The molecule has 0 aromatic carbocycles. The third-order valence-corrected chi connectivity index (χ3v) is 3.81. The van der Waals surface area contributed by atoms with E-state index in [0.717, 1.165) is 19.3 Å². The van der Waals surface area contributed by atoms with E-state index < -0.39 is 12.0 Å². The third-order valence-electron chi connectivity index (χ3n) is 3.81. The molecule has 2 N–H and O–H groups in total. The first-order valence-corrected chi connectivity index (χ1v) is 8.56. The number of hydrogen-bond acceptors (Lipinski definition) is 4. The molecule has 5 heteroatoms. The number of nitrogens with two attached hydrogens (primary N) is 1. The first-order valence-electron chi connectivity index (χ1n) is 8.56. The molecule has 0 aliphatic rings. The normalized spacial score (nSPS) is 11.7. The molecular weight excluding hydrogens is 289 g/mol. The second-order valence-electron chi connectivity index (χ2n) is 5.95. The Kier molecular flexibility index (Phi) is 19.3. The van der Waals surface area contributed by atoms with E-state index >= 15 is 0 Å². The van der Waals surface area contributed by atoms with Gasteiger partial charge in [0.15, 0.2) is 0 Å². The first kappa shape index (κ1) is 24.4. The summed E-state index contributed by atoms with van der Waals surface area (Å²) in [6, 6.07) is -1.15. The second-order valence-corrected chi connectivity index (χ2v) is 5.95. The summed E-state index contributed by atoms with van der Waals surface area (Å²) < 4.78 is 0. The zero-order chi connectivity index (χ0) is 15.9. The maximum atomic E-state index is 11.4. The first-order chi connectivity index (χ1) is 10.1. The topological polar surface area (TPSA) is 83.2 Å². The summed E-state index contributed by atoms with van der Waals surface area (Å²) in [5, 5.41) is 10.4. The van der Waals surface area contributed by atoms with Crippen molar-refractivity contribution >= 4 is 11.8 Å². The summed E-state index contributed by atoms with van der Waals surface area (Å²) in [6.07, 6.45) is 14.0. The van der Waals surface area contributed by atoms with Gasteiger partial charge in [-0.3, -0.25) is 4.79 Å². The smallest absolute Gasteiger partial charge is 0.548 e. The summed E-state index contributed by atoms with van der Waals surface area (Å²) >= 11 is 0. The van der Waals surface area contributed by atoms with Crippen LogP contribution in [-0.2, 0) is 9.59 Å². The number of unbranched alkanes of at least 4 members (excludes halogenated alkanes) is 10. The van der Waals surface area contributed by atoms with Gasteiger partial charge in [0, 0.05) is 12.8 Å². The zero-order valence-corrected chi connectivity index (χ0v) is 16.6. The van der Waals surface area contributed by atoms with Gasteiger partial charge in [0.05, 0.1) is 12.0 Å². The van der Waals surface area contributed by atoms with E-state index in [-0.39, 0.29) is 41.8 Å². The number of carboxylic acid groups (broad SMARTS) is 1. The van der Waals surface area contributed by atoms with Gasteiger partial charge in [-0.2, -0.15) is 0 Å². The van der Waals surface area contributed by atoms with Crippen LogP contribution in [-0.4, -0.2) is 17.8 Å². The predicted octanol–water partition coefficient (Wildman–Crippen LogP) is -0.272. The SMILES string of the molecule is CCCCCCCCCCCCCC(=O)CC(N)C(=O)[O-].[Na+]. The average Bonchev–Trinajstić information content (AvgIpc) is 2.44. The van der Waals surface area contributed by atoms with Gasteiger partial charge in [-0.05, 0) is 6.42 Å². The molecule has 124 valence electrons. The molecule has 0 rings (SSSR count). The molecule has 0 saturated carbocycles. The summed E-state index contributed by atoms with van der Waals surface area (Å²) in [4.78, 5) is 21.9. The van der Waals surface area contributed by atoms with Crippen molar-refractivity contribution < 1.29 is 44.3 Å². The Labute approximate surface area is 157 Å². The zero-order valence-electron chi connectivity index (χ0n) is 14.6. The monoisotopic (exact) mass is 321 g/mol. The third kappa shape index (κ3) is 16.5. The molecule has 0 fully saturated rings. The van der Waals surface area contributed by atoms with E-state index in [1.54, 1.807) is 0 Å². The largest absolute Gasteiger partial charge is 1.00 e. The van der Waals surface area contributed by atoms with Crippen LogP contribution in [0.4, 0.5) is 0 Å². The van der Waals surface area contributed by atoms with Crippen molar-refractivity contribution in [2.24, 2.45) is 5.73 Å². The van der Waals surface area contributed by atoms with Gasteiger partial charge < -0.3 is 15.6 Å². The molecule has 0 aliphatic heterocycles. The molecule has 4 nitrogen and oxygen atoms in total. The number of aliphatic carboxylic acids is 1. The Morgan fingerprint density at radius 1 is 0.864 bits per heavy atom. The van der Waals surface area contributed by atoms with Crippen molar-refractivity contribution in [2.75, 3.05) is 0 Å². The number of hydrogen-bond donors (Lipinski definition) is 1. The number of ketones is 1. The van der Waals surface area contributed by atoms with E-state index in [9.17, 15) is 14.7 Å². The van der Waals surface area contributed by atoms with Crippen LogP contribution < -0.4 is 40.4 Å². The number of Topliss-reactive ketones (excluding diaryl/α,β-unsaturated/α-hetero) is 1. The molecule has 0 aromatic heterocycles. The van der Waals surface area contributed by atoms with Crippen LogP contribution in [0.5, 0.6) is 0 Å². The molecule has 0 spiro atoms. The molecule has 0 amide bonds. The van der Waals surface area contributed by atoms with Gasteiger partial charge in [0.25, 0.3) is 0 Å². The number of carbonyl (C=O) groups is 2. The minimum absolute atomic E-state index is 0. The average molecular weight is 321 g/mol. The van der Waals surface area contributed by atoms with E-state index in [2.05, 4.69) is 6.92 Å². The number of rotatable bonds is 15. The second kappa shape index (κ2) is 17.5. The van der Waals surface area contributed by atoms with Crippen molar-refractivity contribution in [3.05, 3.63) is 0 Å². The van der Waals surface area contributed by atoms with Crippen molar-refractivity contribution in [3.8, 4) is 0 Å². The quantitative estimate of drug-likeness (QED) is 0.332. The summed E-state index contributed by atoms with van der Waals surface area (Å²) in [5.41, 5.74) is 5.26. The molecular formula is C17H32NNaO3. The van der Waals surface area contributed by atoms with Crippen molar-refractivity contribution in [3.63, 3.8) is 0 Å². The molecule has 0 bridgehead atoms. The fourth-order valence-corrected chi connectivity index (χ4v) is 2.42. The van der Waals surface area contributed by atoms with Gasteiger partial charge in [0.1, 0.15) is 5.78 Å². The molecule has 1 unspecified atom stereocenters. The Morgan fingerprint density at radius 2 is 1.27 bits per heavy atom. The van der Waals surface area contributed by atoms with Crippen LogP contribution in [0.25, 0.3) is 0 Å². The van der Waals surface area contributed by atoms with Gasteiger partial charge >= 0.3 is 29.6 Å². The van der Waals surface area contributed by atoms with Crippen molar-refractivity contribution in [1.29, 1.82) is 0 Å². The molecule has 0 radical (unpaired) electrons. The molecule has 0 aromatic rings. The minimum Gasteiger partial charge on any atom is -0.548 e. The van der Waals surface area contributed by atoms with E-state index in [1.807, 2.05) is 0 Å². The van der Waals surface area contributed by atoms with Crippen LogP contribution in [0.3, 0.4) is 0 Å². The standard InChI is InChI=1S/C17H33NO3.Na/c1-2-3-4-5-6-7-8-9-10-11-12-13-15(19)14-16(18)17(20)21;/h16H,2-14,18H2,1H3,(H,20,21);/q;+1/p-1. The summed E-state index contributed by atoms with van der Waals surface area (Å²) in [6.45, 7) is 2.23. The van der Waals surface area contributed by atoms with Crippen molar-refractivity contribution in [1.82, 2.24) is 0 Å². The maximum Gasteiger partial charge on any atom is 1.00 e. The van der Waals surface area contributed by atoms with Crippen LogP contribution >= 0.6 is 0 Å². The molecule has 22 heavy (non-hydrogen) atoms. The van der Waals surface area contributed by atoms with Gasteiger partial charge in [-0.25, -0.2) is 0 Å². The van der Waals surface area contributed by atoms with Crippen LogP contribution in [0, 0.1) is 0 Å². The van der Waals surface area contributed by atoms with Gasteiger partial charge in [-0.1, -0.05) is 71.1 Å². The van der Waals surface area contributed by atoms with Gasteiger partial charge in [-0.15, -0.1) is 0 Å². The maximum absolute atomic E-state index is 11.4. The van der Waals surface area contributed by atoms with Gasteiger partial charge in [0.2, 0.25) is 0 Å².